The molecule has 0 radical (unpaired) electrons. The van der Waals surface area contributed by atoms with Crippen LogP contribution in [0.1, 0.15) is 0 Å². The van der Waals surface area contributed by atoms with Gasteiger partial charge in [0.25, 0.3) is 5.56 Å². The number of halogens is 2. The number of methoxy groups -OCH3 is 2. The first-order chi connectivity index (χ1) is 17.5. The Balaban J connectivity index is 1.51. The number of ether oxygens (including phenoxy) is 3. The van der Waals surface area contributed by atoms with E-state index in [4.69, 9.17) is 37.4 Å². The topological polar surface area (TPSA) is 62.6 Å². The molecular formula is C28H20Cl2N2O4. The highest BCUT2D eigenvalue weighted by atomic mass is 35.5. The lowest BCUT2D eigenvalue weighted by atomic mass is 10.1. The van der Waals surface area contributed by atoms with Crippen molar-refractivity contribution in [1.29, 1.82) is 0 Å². The number of hydrogen-bond acceptors (Lipinski definition) is 5. The van der Waals surface area contributed by atoms with Gasteiger partial charge in [0.15, 0.2) is 11.5 Å². The molecule has 0 amide bonds. The van der Waals surface area contributed by atoms with Gasteiger partial charge in [-0.3, -0.25) is 14.3 Å². The number of fused-ring (bicyclic) bond motifs is 1. The first kappa shape index (κ1) is 23.7. The Kier molecular flexibility index (Phi) is 6.55. The predicted molar refractivity (Wildman–Crippen MR) is 142 cm³/mol. The summed E-state index contributed by atoms with van der Waals surface area (Å²) in [7, 11) is 3.14. The molecule has 8 heteroatoms. The van der Waals surface area contributed by atoms with Crippen molar-refractivity contribution in [3.8, 4) is 39.8 Å². The lowest BCUT2D eigenvalue weighted by Gasteiger charge is -2.14. The van der Waals surface area contributed by atoms with Gasteiger partial charge in [-0.1, -0.05) is 35.3 Å². The third-order valence-electron chi connectivity index (χ3n) is 5.70. The molecule has 3 aromatic carbocycles. The van der Waals surface area contributed by atoms with Crippen LogP contribution in [0.5, 0.6) is 23.0 Å². The molecule has 0 aliphatic heterocycles. The molecule has 2 aromatic heterocycles. The normalized spacial score (nSPS) is 10.9. The lowest BCUT2D eigenvalue weighted by molar-refractivity contribution is 0.355. The Hall–Kier alpha value is -4.00. The highest BCUT2D eigenvalue weighted by molar-refractivity contribution is 6.32. The van der Waals surface area contributed by atoms with Crippen molar-refractivity contribution in [2.45, 2.75) is 0 Å². The summed E-state index contributed by atoms with van der Waals surface area (Å²) in [6.45, 7) is 0. The zero-order chi connectivity index (χ0) is 25.2. The van der Waals surface area contributed by atoms with Crippen molar-refractivity contribution in [2.24, 2.45) is 0 Å². The third-order valence-corrected chi connectivity index (χ3v) is 6.23. The number of aromatic nitrogens is 2. The van der Waals surface area contributed by atoms with Crippen LogP contribution in [0.3, 0.4) is 0 Å². The number of nitrogens with zero attached hydrogens (tertiary/aromatic N) is 2. The Bertz CT molecular complexity index is 1650. The second-order valence-corrected chi connectivity index (χ2v) is 8.70. The minimum Gasteiger partial charge on any atom is -0.493 e. The Morgan fingerprint density at radius 1 is 0.806 bits per heavy atom. The molecule has 0 bridgehead atoms. The molecule has 5 rings (SSSR count). The quantitative estimate of drug-likeness (QED) is 0.238. The minimum absolute atomic E-state index is 0.189. The fourth-order valence-electron chi connectivity index (χ4n) is 3.95. The van der Waals surface area contributed by atoms with Crippen molar-refractivity contribution in [3.05, 3.63) is 106 Å². The fraction of sp³-hybridized carbons (Fsp3) is 0.0714. The van der Waals surface area contributed by atoms with Crippen LogP contribution >= 0.6 is 23.2 Å². The van der Waals surface area contributed by atoms with E-state index in [0.29, 0.717) is 55.4 Å². The summed E-state index contributed by atoms with van der Waals surface area (Å²) in [6.07, 6.45) is 3.35. The summed E-state index contributed by atoms with van der Waals surface area (Å²) in [5, 5.41) is 1.65. The molecular weight excluding hydrogens is 499 g/mol. The summed E-state index contributed by atoms with van der Waals surface area (Å²) in [4.78, 5) is 17.6. The highest BCUT2D eigenvalue weighted by Gasteiger charge is 2.14. The van der Waals surface area contributed by atoms with Gasteiger partial charge in [-0.15, -0.1) is 0 Å². The smallest absolute Gasteiger partial charge is 0.262 e. The van der Waals surface area contributed by atoms with Crippen LogP contribution in [0, 0.1) is 0 Å². The van der Waals surface area contributed by atoms with Crippen LogP contribution < -0.4 is 19.8 Å². The van der Waals surface area contributed by atoms with Gasteiger partial charge >= 0.3 is 0 Å². The van der Waals surface area contributed by atoms with Crippen molar-refractivity contribution in [2.75, 3.05) is 14.2 Å². The summed E-state index contributed by atoms with van der Waals surface area (Å²) < 4.78 is 18.5. The largest absolute Gasteiger partial charge is 0.493 e. The number of pyridine rings is 2. The van der Waals surface area contributed by atoms with E-state index < -0.39 is 0 Å². The highest BCUT2D eigenvalue weighted by Crippen LogP contribution is 2.39. The molecule has 0 unspecified atom stereocenters. The molecule has 180 valence electrons. The van der Waals surface area contributed by atoms with Crippen molar-refractivity contribution in [1.82, 2.24) is 9.55 Å². The maximum absolute atomic E-state index is 13.2. The molecule has 0 saturated heterocycles. The van der Waals surface area contributed by atoms with Crippen LogP contribution in [0.2, 0.25) is 10.0 Å². The van der Waals surface area contributed by atoms with Gasteiger partial charge in [0.1, 0.15) is 11.5 Å². The molecule has 36 heavy (non-hydrogen) atoms. The average Bonchev–Trinajstić information content (AvgIpc) is 2.89. The SMILES string of the molecule is COc1cc2nccc(Oc3ccc(-c4cccn(-c5cccc(Cl)c5)c4=O)cc3Cl)c2cc1OC. The van der Waals surface area contributed by atoms with Crippen LogP contribution in [-0.4, -0.2) is 23.8 Å². The van der Waals surface area contributed by atoms with Crippen LogP contribution in [0.15, 0.2) is 90.0 Å². The molecule has 0 spiro atoms. The van der Waals surface area contributed by atoms with Crippen LogP contribution in [0.25, 0.3) is 27.7 Å². The lowest BCUT2D eigenvalue weighted by Crippen LogP contribution is -2.19. The third kappa shape index (κ3) is 4.49. The van der Waals surface area contributed by atoms with E-state index in [-0.39, 0.29) is 5.56 Å². The van der Waals surface area contributed by atoms with Gasteiger partial charge in [0.2, 0.25) is 0 Å². The number of rotatable bonds is 6. The zero-order valence-electron chi connectivity index (χ0n) is 19.4. The molecule has 6 nitrogen and oxygen atoms in total. The molecule has 0 atom stereocenters. The van der Waals surface area contributed by atoms with Gasteiger partial charge in [0.05, 0.1) is 30.4 Å². The van der Waals surface area contributed by atoms with E-state index >= 15 is 0 Å². The Labute approximate surface area is 217 Å². The second-order valence-electron chi connectivity index (χ2n) is 7.86. The molecule has 0 aliphatic rings. The molecule has 0 N–H and O–H groups in total. The van der Waals surface area contributed by atoms with Crippen molar-refractivity contribution in [3.63, 3.8) is 0 Å². The van der Waals surface area contributed by atoms with E-state index in [0.717, 1.165) is 5.39 Å². The fourth-order valence-corrected chi connectivity index (χ4v) is 4.35. The van der Waals surface area contributed by atoms with E-state index in [1.807, 2.05) is 6.07 Å². The number of benzene rings is 3. The molecule has 0 fully saturated rings. The monoisotopic (exact) mass is 518 g/mol. The average molecular weight is 519 g/mol. The minimum atomic E-state index is -0.189. The van der Waals surface area contributed by atoms with E-state index in [1.165, 1.54) is 0 Å². The zero-order valence-corrected chi connectivity index (χ0v) is 20.9. The first-order valence-electron chi connectivity index (χ1n) is 10.9. The van der Waals surface area contributed by atoms with Gasteiger partial charge in [-0.2, -0.15) is 0 Å². The van der Waals surface area contributed by atoms with Gasteiger partial charge in [0, 0.05) is 34.4 Å². The van der Waals surface area contributed by atoms with Gasteiger partial charge in [-0.25, -0.2) is 0 Å². The predicted octanol–water partition coefficient (Wildman–Crippen LogP) is 7.17. The van der Waals surface area contributed by atoms with Crippen molar-refractivity contribution >= 4 is 34.1 Å². The molecule has 5 aromatic rings. The molecule has 2 heterocycles. The van der Waals surface area contributed by atoms with Gasteiger partial charge in [-0.05, 0) is 60.2 Å². The van der Waals surface area contributed by atoms with Crippen molar-refractivity contribution < 1.29 is 14.2 Å². The van der Waals surface area contributed by atoms with Gasteiger partial charge < -0.3 is 14.2 Å². The van der Waals surface area contributed by atoms with Crippen LogP contribution in [-0.2, 0) is 0 Å². The first-order valence-corrected chi connectivity index (χ1v) is 11.7. The Morgan fingerprint density at radius 2 is 1.61 bits per heavy atom. The maximum Gasteiger partial charge on any atom is 0.262 e. The molecule has 0 saturated carbocycles. The van der Waals surface area contributed by atoms with Crippen LogP contribution in [0.4, 0.5) is 0 Å². The molecule has 0 aliphatic carbocycles. The Morgan fingerprint density at radius 3 is 2.36 bits per heavy atom. The standard InChI is InChI=1S/C28H20Cl2N2O4/c1-34-26-15-21-23(16-27(26)35-2)31-11-10-24(21)36-25-9-8-17(13-22(25)30)20-7-4-12-32(28(20)33)19-6-3-5-18(29)14-19/h3-16H,1-2H3. The van der Waals surface area contributed by atoms with E-state index in [9.17, 15) is 4.79 Å². The number of hydrogen-bond donors (Lipinski definition) is 0. The summed E-state index contributed by atoms with van der Waals surface area (Å²) >= 11 is 12.7. The summed E-state index contributed by atoms with van der Waals surface area (Å²) in [5.74, 6) is 2.13. The second kappa shape index (κ2) is 9.93. The van der Waals surface area contributed by atoms with E-state index in [1.54, 1.807) is 97.9 Å². The maximum atomic E-state index is 13.2. The summed E-state index contributed by atoms with van der Waals surface area (Å²) in [5.41, 5.74) is 2.34. The summed E-state index contributed by atoms with van der Waals surface area (Å²) in [6, 6.07) is 21.3. The van der Waals surface area contributed by atoms with E-state index in [2.05, 4.69) is 4.98 Å².